The second kappa shape index (κ2) is 10.9. The predicted octanol–water partition coefficient (Wildman–Crippen LogP) is 3.36. The van der Waals surface area contributed by atoms with Crippen LogP contribution in [0.1, 0.15) is 79.1 Å². The molecule has 1 saturated heterocycles. The summed E-state index contributed by atoms with van der Waals surface area (Å²) in [5, 5.41) is 6.59. The van der Waals surface area contributed by atoms with Crippen molar-refractivity contribution < 1.29 is 23.3 Å². The van der Waals surface area contributed by atoms with Crippen LogP contribution in [0, 0.1) is 12.7 Å². The molecule has 1 fully saturated rings. The number of aromatic nitrogens is 3. The van der Waals surface area contributed by atoms with Gasteiger partial charge in [-0.3, -0.25) is 14.4 Å². The van der Waals surface area contributed by atoms with Crippen molar-refractivity contribution in [1.82, 2.24) is 25.3 Å². The molecule has 0 aliphatic carbocycles. The molecule has 0 saturated carbocycles. The molecular weight excluding hydrogens is 479 g/mol. The van der Waals surface area contributed by atoms with Crippen LogP contribution in [0.25, 0.3) is 11.3 Å². The average molecular weight is 511 g/mol. The Hall–Kier alpha value is -4.02. The maximum absolute atomic E-state index is 14.2. The number of piperidine rings is 1. The van der Waals surface area contributed by atoms with Gasteiger partial charge >= 0.3 is 0 Å². The summed E-state index contributed by atoms with van der Waals surface area (Å²) in [5.74, 6) is -2.38. The highest BCUT2D eigenvalue weighted by atomic mass is 19.1. The van der Waals surface area contributed by atoms with Crippen molar-refractivity contribution in [1.29, 1.82) is 0 Å². The van der Waals surface area contributed by atoms with E-state index >= 15 is 0 Å². The number of carbonyl (C=O) groups is 3. The van der Waals surface area contributed by atoms with Gasteiger partial charge in [0.05, 0.1) is 23.9 Å². The molecule has 1 aliphatic rings. The summed E-state index contributed by atoms with van der Waals surface area (Å²) in [6, 6.07) is 5.73. The van der Waals surface area contributed by atoms with Crippen LogP contribution >= 0.6 is 0 Å². The number of likely N-dealkylation sites (tertiary alicyclic amines) is 1. The fraction of sp³-hybridized carbons (Fsp3) is 0.423. The second-order valence-corrected chi connectivity index (χ2v) is 9.45. The lowest BCUT2D eigenvalue weighted by atomic mass is 9.91. The van der Waals surface area contributed by atoms with Gasteiger partial charge in [0.25, 0.3) is 5.91 Å². The number of nitrogens with zero attached hydrogens (tertiary/aromatic N) is 3. The number of hydrogen-bond donors (Lipinski definition) is 3. The van der Waals surface area contributed by atoms with Gasteiger partial charge in [0.1, 0.15) is 17.4 Å². The summed E-state index contributed by atoms with van der Waals surface area (Å²) in [5.41, 5.74) is 6.33. The number of hydrogen-bond acceptors (Lipinski definition) is 6. The summed E-state index contributed by atoms with van der Waals surface area (Å²) in [4.78, 5) is 48.0. The normalized spacial score (nSPS) is 17.3. The molecular formula is C26H31FN6O4. The average Bonchev–Trinajstić information content (AvgIpc) is 3.50. The summed E-state index contributed by atoms with van der Waals surface area (Å²) < 4.78 is 19.4. The van der Waals surface area contributed by atoms with Crippen LogP contribution < -0.4 is 11.1 Å². The third-order valence-electron chi connectivity index (χ3n) is 6.84. The molecule has 3 atom stereocenters. The van der Waals surface area contributed by atoms with E-state index in [0.717, 1.165) is 19.3 Å². The zero-order valence-electron chi connectivity index (χ0n) is 21.1. The maximum atomic E-state index is 14.2. The summed E-state index contributed by atoms with van der Waals surface area (Å²) >= 11 is 0. The fourth-order valence-corrected chi connectivity index (χ4v) is 4.81. The van der Waals surface area contributed by atoms with E-state index in [4.69, 9.17) is 10.3 Å². The van der Waals surface area contributed by atoms with Crippen LogP contribution in [0.15, 0.2) is 35.0 Å². The van der Waals surface area contributed by atoms with Crippen molar-refractivity contribution in [2.45, 2.75) is 64.5 Å². The third kappa shape index (κ3) is 5.55. The van der Waals surface area contributed by atoms with E-state index < -0.39 is 29.6 Å². The number of halogens is 1. The molecule has 4 N–H and O–H groups in total. The molecule has 1 aliphatic heterocycles. The lowest BCUT2D eigenvalue weighted by Crippen LogP contribution is -2.44. The van der Waals surface area contributed by atoms with Gasteiger partial charge in [0, 0.05) is 30.1 Å². The van der Waals surface area contributed by atoms with E-state index in [-0.39, 0.29) is 35.4 Å². The Bertz CT molecular complexity index is 1300. The number of imidazole rings is 1. The van der Waals surface area contributed by atoms with E-state index in [1.54, 1.807) is 36.9 Å². The Morgan fingerprint density at radius 3 is 2.76 bits per heavy atom. The van der Waals surface area contributed by atoms with Gasteiger partial charge in [-0.2, -0.15) is 0 Å². The second-order valence-electron chi connectivity index (χ2n) is 9.45. The van der Waals surface area contributed by atoms with Gasteiger partial charge < -0.3 is 25.5 Å². The molecule has 0 radical (unpaired) electrons. The third-order valence-corrected chi connectivity index (χ3v) is 6.84. The van der Waals surface area contributed by atoms with Crippen molar-refractivity contribution >= 4 is 17.7 Å². The minimum absolute atomic E-state index is 0.0583. The number of nitrogens with one attached hydrogen (secondary N) is 2. The Labute approximate surface area is 213 Å². The standard InChI is InChI=1S/C26H31FN6O4/c1-14-8-6-7-11-33(14)21(34)12-18(22-16(3)37-32-23(22)24(28)35)26(36)30-15(2)25-29-13-20(31-25)17-9-4-5-10-19(17)27/h4-5,9-10,13-15,18H,6-8,11-12H2,1-3H3,(H2,28,35)(H,29,31)(H,30,36)/t14-,15-,18-/m0/s1. The first-order valence-corrected chi connectivity index (χ1v) is 12.3. The van der Waals surface area contributed by atoms with Gasteiger partial charge in [-0.15, -0.1) is 0 Å². The summed E-state index contributed by atoms with van der Waals surface area (Å²) in [6.07, 6.45) is 4.14. The topological polar surface area (TPSA) is 147 Å². The van der Waals surface area contributed by atoms with Crippen molar-refractivity contribution in [2.24, 2.45) is 5.73 Å². The number of nitrogens with two attached hydrogens (primary N) is 1. The lowest BCUT2D eigenvalue weighted by molar-refractivity contribution is -0.137. The van der Waals surface area contributed by atoms with Crippen molar-refractivity contribution in [3.63, 3.8) is 0 Å². The number of amides is 3. The van der Waals surface area contributed by atoms with E-state index in [0.29, 0.717) is 23.6 Å². The van der Waals surface area contributed by atoms with Gasteiger partial charge in [-0.25, -0.2) is 9.37 Å². The van der Waals surface area contributed by atoms with Crippen molar-refractivity contribution in [2.75, 3.05) is 6.54 Å². The molecule has 0 spiro atoms. The molecule has 0 unspecified atom stereocenters. The SMILES string of the molecule is Cc1onc(C(N)=O)c1[C@H](CC(=O)N1CCCC[C@@H]1C)C(=O)N[C@@H](C)c1ncc(-c2ccccc2F)[nH]1. The van der Waals surface area contributed by atoms with Crippen molar-refractivity contribution in [3.05, 3.63) is 59.1 Å². The van der Waals surface area contributed by atoms with Crippen LogP contribution in [0.5, 0.6) is 0 Å². The molecule has 0 bridgehead atoms. The Kier molecular flexibility index (Phi) is 7.70. The van der Waals surface area contributed by atoms with E-state index in [1.165, 1.54) is 12.3 Å². The molecule has 37 heavy (non-hydrogen) atoms. The van der Waals surface area contributed by atoms with Gasteiger partial charge in [0.15, 0.2) is 5.69 Å². The molecule has 3 aromatic rings. The molecule has 2 aromatic heterocycles. The highest BCUT2D eigenvalue weighted by Gasteiger charge is 2.35. The molecule has 4 rings (SSSR count). The Morgan fingerprint density at radius 1 is 1.30 bits per heavy atom. The molecule has 3 heterocycles. The van der Waals surface area contributed by atoms with E-state index in [2.05, 4.69) is 20.4 Å². The molecule has 11 heteroatoms. The first-order valence-electron chi connectivity index (χ1n) is 12.3. The Balaban J connectivity index is 1.58. The van der Waals surface area contributed by atoms with Gasteiger partial charge in [-0.1, -0.05) is 17.3 Å². The van der Waals surface area contributed by atoms with Crippen LogP contribution in [0.4, 0.5) is 4.39 Å². The van der Waals surface area contributed by atoms with Crippen molar-refractivity contribution in [3.8, 4) is 11.3 Å². The van der Waals surface area contributed by atoms with E-state index in [1.807, 2.05) is 6.92 Å². The Morgan fingerprint density at radius 2 is 2.05 bits per heavy atom. The van der Waals surface area contributed by atoms with E-state index in [9.17, 15) is 18.8 Å². The molecule has 196 valence electrons. The smallest absolute Gasteiger partial charge is 0.271 e. The molecule has 3 amide bonds. The highest BCUT2D eigenvalue weighted by molar-refractivity contribution is 5.97. The predicted molar refractivity (Wildman–Crippen MR) is 133 cm³/mol. The monoisotopic (exact) mass is 510 g/mol. The van der Waals surface area contributed by atoms with Gasteiger partial charge in [0.2, 0.25) is 11.8 Å². The highest BCUT2D eigenvalue weighted by Crippen LogP contribution is 2.30. The molecule has 10 nitrogen and oxygen atoms in total. The first-order chi connectivity index (χ1) is 17.7. The van der Waals surface area contributed by atoms with Gasteiger partial charge in [-0.05, 0) is 52.2 Å². The number of primary amides is 1. The number of aryl methyl sites for hydroxylation is 1. The number of aromatic amines is 1. The van der Waals surface area contributed by atoms with Crippen LogP contribution in [-0.4, -0.2) is 50.3 Å². The minimum Gasteiger partial charge on any atom is -0.364 e. The number of carbonyl (C=O) groups excluding carboxylic acids is 3. The quantitative estimate of drug-likeness (QED) is 0.423. The van der Waals surface area contributed by atoms with Crippen LogP contribution in [0.2, 0.25) is 0 Å². The summed E-state index contributed by atoms with van der Waals surface area (Å²) in [7, 11) is 0. The minimum atomic E-state index is -1.06. The fourth-order valence-electron chi connectivity index (χ4n) is 4.81. The number of rotatable bonds is 8. The zero-order valence-corrected chi connectivity index (χ0v) is 21.1. The first kappa shape index (κ1) is 26.1. The zero-order chi connectivity index (χ0) is 26.7. The molecule has 1 aromatic carbocycles. The number of benzene rings is 1. The largest absolute Gasteiger partial charge is 0.364 e. The van der Waals surface area contributed by atoms with Crippen LogP contribution in [0.3, 0.4) is 0 Å². The van der Waals surface area contributed by atoms with Crippen LogP contribution in [-0.2, 0) is 9.59 Å². The maximum Gasteiger partial charge on any atom is 0.271 e. The summed E-state index contributed by atoms with van der Waals surface area (Å²) in [6.45, 7) is 5.88. The number of H-pyrrole nitrogens is 1. The lowest BCUT2D eigenvalue weighted by Gasteiger charge is -2.34.